The second-order valence-corrected chi connectivity index (χ2v) is 4.00. The first kappa shape index (κ1) is 9.45. The molecular formula is C9H14N2O3. The van der Waals surface area contributed by atoms with E-state index in [9.17, 15) is 14.7 Å². The van der Waals surface area contributed by atoms with Gasteiger partial charge >= 0.3 is 6.03 Å². The van der Waals surface area contributed by atoms with Gasteiger partial charge in [-0.2, -0.15) is 0 Å². The minimum atomic E-state index is -0.829. The van der Waals surface area contributed by atoms with Crippen molar-refractivity contribution in [1.29, 1.82) is 0 Å². The quantitative estimate of drug-likeness (QED) is 0.508. The second kappa shape index (κ2) is 3.24. The number of urea groups is 1. The normalized spacial score (nSPS) is 37.1. The highest BCUT2D eigenvalue weighted by Crippen LogP contribution is 2.35. The van der Waals surface area contributed by atoms with E-state index in [1.54, 1.807) is 0 Å². The Bertz CT molecular complexity index is 279. The number of aliphatic hydroxyl groups is 1. The van der Waals surface area contributed by atoms with Gasteiger partial charge in [-0.1, -0.05) is 12.8 Å². The maximum Gasteiger partial charge on any atom is 0.322 e. The molecule has 3 amide bonds. The van der Waals surface area contributed by atoms with Crippen LogP contribution in [0.4, 0.5) is 4.79 Å². The summed E-state index contributed by atoms with van der Waals surface area (Å²) >= 11 is 0. The maximum absolute atomic E-state index is 11.6. The number of carbonyl (C=O) groups excluding carboxylic acids is 2. The van der Waals surface area contributed by atoms with Crippen LogP contribution in [0.2, 0.25) is 0 Å². The fraction of sp³-hybridized carbons (Fsp3) is 0.778. The summed E-state index contributed by atoms with van der Waals surface area (Å²) < 4.78 is 0. The number of carbonyl (C=O) groups is 2. The lowest BCUT2D eigenvalue weighted by atomic mass is 9.73. The van der Waals surface area contributed by atoms with Gasteiger partial charge in [-0.3, -0.25) is 10.1 Å². The highest BCUT2D eigenvalue weighted by atomic mass is 16.3. The molecule has 1 aliphatic heterocycles. The Morgan fingerprint density at radius 1 is 1.43 bits per heavy atom. The van der Waals surface area contributed by atoms with Gasteiger partial charge in [0.25, 0.3) is 5.91 Å². The van der Waals surface area contributed by atoms with Crippen LogP contribution in [0, 0.1) is 5.92 Å². The van der Waals surface area contributed by atoms with E-state index in [0.717, 1.165) is 19.3 Å². The fourth-order valence-corrected chi connectivity index (χ4v) is 2.46. The summed E-state index contributed by atoms with van der Waals surface area (Å²) in [6.45, 7) is -0.0479. The Hall–Kier alpha value is -1.10. The number of imide groups is 1. The molecule has 0 aromatic rings. The van der Waals surface area contributed by atoms with Gasteiger partial charge in [0.15, 0.2) is 0 Å². The molecule has 2 atom stereocenters. The first-order valence-corrected chi connectivity index (χ1v) is 4.93. The van der Waals surface area contributed by atoms with Gasteiger partial charge in [-0.25, -0.2) is 4.79 Å². The molecule has 0 aromatic heterocycles. The first-order chi connectivity index (χ1) is 6.69. The molecule has 2 aliphatic rings. The van der Waals surface area contributed by atoms with Crippen molar-refractivity contribution < 1.29 is 14.7 Å². The average molecular weight is 198 g/mol. The van der Waals surface area contributed by atoms with E-state index in [-0.39, 0.29) is 18.4 Å². The summed E-state index contributed by atoms with van der Waals surface area (Å²) in [7, 11) is 0. The van der Waals surface area contributed by atoms with Crippen molar-refractivity contribution >= 4 is 11.9 Å². The van der Waals surface area contributed by atoms with Crippen molar-refractivity contribution in [3.63, 3.8) is 0 Å². The molecule has 0 bridgehead atoms. The average Bonchev–Trinajstić information content (AvgIpc) is 2.43. The third kappa shape index (κ3) is 1.19. The Kier molecular flexibility index (Phi) is 2.19. The molecule has 14 heavy (non-hydrogen) atoms. The fourth-order valence-electron chi connectivity index (χ4n) is 2.46. The molecule has 1 saturated heterocycles. The zero-order valence-electron chi connectivity index (χ0n) is 7.88. The Morgan fingerprint density at radius 3 is 2.79 bits per heavy atom. The molecule has 3 N–H and O–H groups in total. The van der Waals surface area contributed by atoms with Gasteiger partial charge in [0.1, 0.15) is 5.54 Å². The Balaban J connectivity index is 2.26. The van der Waals surface area contributed by atoms with E-state index in [4.69, 9.17) is 0 Å². The topological polar surface area (TPSA) is 78.4 Å². The second-order valence-electron chi connectivity index (χ2n) is 4.00. The predicted octanol–water partition coefficient (Wildman–Crippen LogP) is -0.253. The van der Waals surface area contributed by atoms with Crippen LogP contribution in [-0.4, -0.2) is 29.2 Å². The molecule has 1 aliphatic carbocycles. The van der Waals surface area contributed by atoms with Crippen LogP contribution in [0.15, 0.2) is 0 Å². The van der Waals surface area contributed by atoms with Gasteiger partial charge in [0, 0.05) is 12.5 Å². The molecule has 0 aromatic carbocycles. The van der Waals surface area contributed by atoms with Gasteiger partial charge in [-0.15, -0.1) is 0 Å². The van der Waals surface area contributed by atoms with E-state index in [2.05, 4.69) is 10.6 Å². The Morgan fingerprint density at radius 2 is 2.21 bits per heavy atom. The van der Waals surface area contributed by atoms with E-state index >= 15 is 0 Å². The summed E-state index contributed by atoms with van der Waals surface area (Å²) in [6.07, 6.45) is 3.36. The third-order valence-electron chi connectivity index (χ3n) is 3.26. The summed E-state index contributed by atoms with van der Waals surface area (Å²) in [6, 6.07) is -0.435. The smallest absolute Gasteiger partial charge is 0.322 e. The number of rotatable bonds is 1. The number of nitrogens with one attached hydrogen (secondary N) is 2. The van der Waals surface area contributed by atoms with Crippen LogP contribution in [0.5, 0.6) is 0 Å². The highest BCUT2D eigenvalue weighted by molar-refractivity contribution is 6.07. The van der Waals surface area contributed by atoms with Gasteiger partial charge in [-0.05, 0) is 12.8 Å². The zero-order chi connectivity index (χ0) is 10.2. The number of amides is 3. The maximum atomic E-state index is 11.6. The van der Waals surface area contributed by atoms with Crippen LogP contribution < -0.4 is 10.6 Å². The van der Waals surface area contributed by atoms with Crippen LogP contribution in [-0.2, 0) is 4.79 Å². The SMILES string of the molecule is O=C1NC(=O)C2(CCCCC2CO)N1. The van der Waals surface area contributed by atoms with E-state index in [0.29, 0.717) is 6.42 Å². The van der Waals surface area contributed by atoms with Gasteiger partial charge < -0.3 is 10.4 Å². The van der Waals surface area contributed by atoms with E-state index in [1.807, 2.05) is 0 Å². The van der Waals surface area contributed by atoms with Crippen molar-refractivity contribution in [3.05, 3.63) is 0 Å². The predicted molar refractivity (Wildman–Crippen MR) is 48.4 cm³/mol. The molecule has 2 unspecified atom stereocenters. The van der Waals surface area contributed by atoms with Crippen molar-refractivity contribution in [1.82, 2.24) is 10.6 Å². The molecule has 2 fully saturated rings. The monoisotopic (exact) mass is 198 g/mol. The summed E-state index contributed by atoms with van der Waals surface area (Å²) in [5.41, 5.74) is -0.829. The summed E-state index contributed by atoms with van der Waals surface area (Å²) in [5, 5.41) is 14.1. The number of aliphatic hydroxyl groups excluding tert-OH is 1. The molecule has 1 heterocycles. The van der Waals surface area contributed by atoms with Crippen molar-refractivity contribution in [2.24, 2.45) is 5.92 Å². The minimum Gasteiger partial charge on any atom is -0.396 e. The molecule has 0 radical (unpaired) electrons. The highest BCUT2D eigenvalue weighted by Gasteiger charge is 2.52. The molecule has 78 valence electrons. The third-order valence-corrected chi connectivity index (χ3v) is 3.26. The van der Waals surface area contributed by atoms with Crippen LogP contribution in [0.3, 0.4) is 0 Å². The van der Waals surface area contributed by atoms with Crippen molar-refractivity contribution in [2.45, 2.75) is 31.2 Å². The lowest BCUT2D eigenvalue weighted by molar-refractivity contribution is -0.128. The van der Waals surface area contributed by atoms with Gasteiger partial charge in [0.05, 0.1) is 0 Å². The van der Waals surface area contributed by atoms with Crippen molar-refractivity contribution in [2.75, 3.05) is 6.61 Å². The lowest BCUT2D eigenvalue weighted by Crippen LogP contribution is -2.55. The summed E-state index contributed by atoms with van der Waals surface area (Å²) in [5.74, 6) is -0.413. The van der Waals surface area contributed by atoms with Crippen LogP contribution in [0.25, 0.3) is 0 Å². The number of hydrogen-bond acceptors (Lipinski definition) is 3. The summed E-state index contributed by atoms with van der Waals surface area (Å²) in [4.78, 5) is 22.7. The first-order valence-electron chi connectivity index (χ1n) is 4.93. The lowest BCUT2D eigenvalue weighted by Gasteiger charge is -2.37. The zero-order valence-corrected chi connectivity index (χ0v) is 7.88. The molecule has 5 nitrogen and oxygen atoms in total. The van der Waals surface area contributed by atoms with Crippen LogP contribution >= 0.6 is 0 Å². The molecule has 1 spiro atoms. The standard InChI is InChI=1S/C9H14N2O3/c12-5-6-3-1-2-4-9(6)7(13)10-8(14)11-9/h6,12H,1-5H2,(H2,10,11,13,14). The Labute approximate surface area is 81.9 Å². The van der Waals surface area contributed by atoms with Crippen molar-refractivity contribution in [3.8, 4) is 0 Å². The van der Waals surface area contributed by atoms with Crippen LogP contribution in [0.1, 0.15) is 25.7 Å². The number of hydrogen-bond donors (Lipinski definition) is 3. The molecule has 2 rings (SSSR count). The van der Waals surface area contributed by atoms with E-state index < -0.39 is 11.6 Å². The van der Waals surface area contributed by atoms with Gasteiger partial charge in [0.2, 0.25) is 0 Å². The molecule has 5 heteroatoms. The molecular weight excluding hydrogens is 184 g/mol. The largest absolute Gasteiger partial charge is 0.396 e. The van der Waals surface area contributed by atoms with E-state index in [1.165, 1.54) is 0 Å². The minimum absolute atomic E-state index is 0.0479. The molecule has 1 saturated carbocycles.